The van der Waals surface area contributed by atoms with E-state index >= 15 is 0 Å². The first kappa shape index (κ1) is 32.5. The molecule has 4 heteroatoms. The van der Waals surface area contributed by atoms with Crippen molar-refractivity contribution in [2.24, 2.45) is 0 Å². The molecule has 4 nitrogen and oxygen atoms in total. The van der Waals surface area contributed by atoms with Crippen LogP contribution in [0.1, 0.15) is 22.6 Å². The molecule has 0 saturated heterocycles. The first-order valence-corrected chi connectivity index (χ1v) is 19.7. The molecule has 0 spiro atoms. The minimum absolute atomic E-state index is 0.00866. The van der Waals surface area contributed by atoms with E-state index in [4.69, 9.17) is 19.4 Å². The predicted octanol–water partition coefficient (Wildman–Crippen LogP) is 13.9. The molecule has 0 N–H and O–H groups in total. The van der Waals surface area contributed by atoms with Gasteiger partial charge in [0.15, 0.2) is 17.5 Å². The van der Waals surface area contributed by atoms with E-state index in [9.17, 15) is 0 Å². The Labute approximate surface area is 334 Å². The number of benzene rings is 9. The molecular formula is C54H33N3O. The highest BCUT2D eigenvalue weighted by molar-refractivity contribution is 6.18. The Hall–Kier alpha value is -7.69. The second-order valence-corrected chi connectivity index (χ2v) is 15.1. The van der Waals surface area contributed by atoms with Gasteiger partial charge < -0.3 is 4.42 Å². The van der Waals surface area contributed by atoms with Crippen LogP contribution < -0.4 is 0 Å². The molecule has 1 unspecified atom stereocenters. The summed E-state index contributed by atoms with van der Waals surface area (Å²) in [6, 6.07) is 68.6. The monoisotopic (exact) mass is 739 g/mol. The largest absolute Gasteiger partial charge is 0.456 e. The summed E-state index contributed by atoms with van der Waals surface area (Å²) >= 11 is 0. The van der Waals surface area contributed by atoms with Gasteiger partial charge in [0, 0.05) is 33.4 Å². The third-order valence-corrected chi connectivity index (χ3v) is 11.8. The quantitative estimate of drug-likeness (QED) is 0.165. The first-order valence-electron chi connectivity index (χ1n) is 19.7. The topological polar surface area (TPSA) is 51.8 Å². The number of hydrogen-bond acceptors (Lipinski definition) is 4. The average Bonchev–Trinajstić information content (AvgIpc) is 3.86. The zero-order valence-electron chi connectivity index (χ0n) is 31.3. The minimum atomic E-state index is -0.00866. The Morgan fingerprint density at radius 1 is 0.362 bits per heavy atom. The minimum Gasteiger partial charge on any atom is -0.456 e. The molecule has 0 amide bonds. The van der Waals surface area contributed by atoms with Gasteiger partial charge in [0.1, 0.15) is 11.2 Å². The molecule has 1 atom stereocenters. The summed E-state index contributed by atoms with van der Waals surface area (Å²) in [4.78, 5) is 15.1. The maximum Gasteiger partial charge on any atom is 0.164 e. The molecule has 0 saturated carbocycles. The number of fused-ring (bicyclic) bond motifs is 11. The Balaban J connectivity index is 1.11. The van der Waals surface area contributed by atoms with Crippen LogP contribution in [0.4, 0.5) is 0 Å². The van der Waals surface area contributed by atoms with Gasteiger partial charge in [-0.3, -0.25) is 0 Å². The molecule has 2 heterocycles. The number of aromatic nitrogens is 3. The van der Waals surface area contributed by atoms with Crippen LogP contribution in [-0.4, -0.2) is 15.0 Å². The third-order valence-electron chi connectivity index (χ3n) is 11.8. The van der Waals surface area contributed by atoms with Gasteiger partial charge in [-0.15, -0.1) is 0 Å². The summed E-state index contributed by atoms with van der Waals surface area (Å²) in [5.41, 5.74) is 13.2. The van der Waals surface area contributed by atoms with Crippen LogP contribution in [0.2, 0.25) is 0 Å². The van der Waals surface area contributed by atoms with Crippen LogP contribution in [-0.2, 0) is 0 Å². The standard InChI is InChI=1S/C54H33N3O/c1-3-16-33(17-4-1)52-55-53(34-18-5-2-6-19-34)57-54(56-52)36-21-15-20-35(30-36)45-31-37(32-47-49(45)44-28-13-14-29-46(44)58-47)48-42-26-11-12-27-43(42)50-40-24-9-7-22-38(40)39-23-8-10-25-41(39)51(48)50/h1-32,48H. The van der Waals surface area contributed by atoms with Crippen molar-refractivity contribution in [2.75, 3.05) is 0 Å². The smallest absolute Gasteiger partial charge is 0.164 e. The van der Waals surface area contributed by atoms with Crippen LogP contribution in [0.15, 0.2) is 199 Å². The Bertz CT molecular complexity index is 3350. The van der Waals surface area contributed by atoms with Crippen molar-refractivity contribution >= 4 is 43.5 Å². The van der Waals surface area contributed by atoms with E-state index in [1.165, 1.54) is 49.4 Å². The fourth-order valence-electron chi connectivity index (χ4n) is 9.27. The zero-order valence-corrected chi connectivity index (χ0v) is 31.3. The van der Waals surface area contributed by atoms with Crippen molar-refractivity contribution in [1.82, 2.24) is 15.0 Å². The van der Waals surface area contributed by atoms with Crippen LogP contribution in [0.25, 0.3) is 99.9 Å². The fraction of sp³-hybridized carbons (Fsp3) is 0.0185. The highest BCUT2D eigenvalue weighted by Crippen LogP contribution is 2.55. The van der Waals surface area contributed by atoms with Gasteiger partial charge in [-0.1, -0.05) is 170 Å². The van der Waals surface area contributed by atoms with Crippen molar-refractivity contribution < 1.29 is 4.42 Å². The zero-order chi connectivity index (χ0) is 38.2. The lowest BCUT2D eigenvalue weighted by Crippen LogP contribution is -2.01. The number of para-hydroxylation sites is 1. The number of nitrogens with zero attached hydrogens (tertiary/aromatic N) is 3. The van der Waals surface area contributed by atoms with Crippen molar-refractivity contribution in [1.29, 1.82) is 0 Å². The molecule has 9 aromatic carbocycles. The maximum absolute atomic E-state index is 6.76. The second kappa shape index (κ2) is 12.9. The predicted molar refractivity (Wildman–Crippen MR) is 237 cm³/mol. The van der Waals surface area contributed by atoms with E-state index < -0.39 is 0 Å². The van der Waals surface area contributed by atoms with Gasteiger partial charge in [-0.2, -0.15) is 0 Å². The molecule has 0 radical (unpaired) electrons. The van der Waals surface area contributed by atoms with E-state index in [0.29, 0.717) is 17.5 Å². The van der Waals surface area contributed by atoms with Crippen molar-refractivity contribution in [3.8, 4) is 56.4 Å². The van der Waals surface area contributed by atoms with E-state index in [-0.39, 0.29) is 5.92 Å². The van der Waals surface area contributed by atoms with Gasteiger partial charge in [0.2, 0.25) is 0 Å². The average molecular weight is 740 g/mol. The van der Waals surface area contributed by atoms with Gasteiger partial charge in [0.05, 0.1) is 0 Å². The molecule has 12 rings (SSSR count). The molecular weight excluding hydrogens is 707 g/mol. The third kappa shape index (κ3) is 5.05. The lowest BCUT2D eigenvalue weighted by molar-refractivity contribution is 0.668. The van der Waals surface area contributed by atoms with E-state index in [1.54, 1.807) is 0 Å². The summed E-state index contributed by atoms with van der Waals surface area (Å²) in [5, 5.41) is 7.30. The highest BCUT2D eigenvalue weighted by atomic mass is 16.3. The van der Waals surface area contributed by atoms with E-state index in [1.807, 2.05) is 66.7 Å². The molecule has 1 aliphatic rings. The van der Waals surface area contributed by atoms with E-state index in [0.717, 1.165) is 49.8 Å². The van der Waals surface area contributed by atoms with Crippen LogP contribution in [0, 0.1) is 0 Å². The normalized spacial score (nSPS) is 13.3. The molecule has 58 heavy (non-hydrogen) atoms. The number of rotatable bonds is 5. The lowest BCUT2D eigenvalue weighted by Gasteiger charge is -2.19. The molecule has 2 aromatic heterocycles. The maximum atomic E-state index is 6.76. The van der Waals surface area contributed by atoms with Crippen LogP contribution in [0.3, 0.4) is 0 Å². The van der Waals surface area contributed by atoms with Crippen molar-refractivity contribution in [3.63, 3.8) is 0 Å². The summed E-state index contributed by atoms with van der Waals surface area (Å²) in [7, 11) is 0. The fourth-order valence-corrected chi connectivity index (χ4v) is 9.27. The molecule has 270 valence electrons. The summed E-state index contributed by atoms with van der Waals surface area (Å²) < 4.78 is 6.76. The van der Waals surface area contributed by atoms with Crippen molar-refractivity contribution in [3.05, 3.63) is 211 Å². The molecule has 0 aliphatic heterocycles. The first-order chi connectivity index (χ1) is 28.8. The van der Waals surface area contributed by atoms with Gasteiger partial charge >= 0.3 is 0 Å². The van der Waals surface area contributed by atoms with Gasteiger partial charge in [-0.05, 0) is 84.8 Å². The van der Waals surface area contributed by atoms with Gasteiger partial charge in [-0.25, -0.2) is 15.0 Å². The molecule has 0 fully saturated rings. The Morgan fingerprint density at radius 2 is 0.897 bits per heavy atom. The number of hydrogen-bond donors (Lipinski definition) is 0. The lowest BCUT2D eigenvalue weighted by atomic mass is 9.83. The van der Waals surface area contributed by atoms with E-state index in [2.05, 4.69) is 127 Å². The highest BCUT2D eigenvalue weighted by Gasteiger charge is 2.34. The molecule has 0 bridgehead atoms. The van der Waals surface area contributed by atoms with Crippen LogP contribution in [0.5, 0.6) is 0 Å². The molecule has 1 aliphatic carbocycles. The molecule has 11 aromatic rings. The second-order valence-electron chi connectivity index (χ2n) is 15.1. The summed E-state index contributed by atoms with van der Waals surface area (Å²) in [6.45, 7) is 0. The summed E-state index contributed by atoms with van der Waals surface area (Å²) in [6.07, 6.45) is 0. The Kier molecular flexibility index (Phi) is 7.26. The van der Waals surface area contributed by atoms with Crippen molar-refractivity contribution in [2.45, 2.75) is 5.92 Å². The Morgan fingerprint density at radius 3 is 1.62 bits per heavy atom. The van der Waals surface area contributed by atoms with Gasteiger partial charge in [0.25, 0.3) is 0 Å². The number of furan rings is 1. The summed E-state index contributed by atoms with van der Waals surface area (Å²) in [5.74, 6) is 1.89. The SMILES string of the molecule is c1ccc(-c2nc(-c3ccccc3)nc(-c3cccc(-c4cc(C5c6ccccc6-c6c5c5ccccc5c5ccccc65)cc5oc6ccccc6c45)c3)n2)cc1. The van der Waals surface area contributed by atoms with Crippen LogP contribution >= 0.6 is 0 Å².